The van der Waals surface area contributed by atoms with E-state index in [1.165, 1.54) is 35.3 Å². The highest BCUT2D eigenvalue weighted by molar-refractivity contribution is 6.07. The summed E-state index contributed by atoms with van der Waals surface area (Å²) in [5.41, 5.74) is 2.44. The van der Waals surface area contributed by atoms with E-state index in [4.69, 9.17) is 4.84 Å². The van der Waals surface area contributed by atoms with Gasteiger partial charge in [0.1, 0.15) is 6.61 Å². The van der Waals surface area contributed by atoms with Gasteiger partial charge in [0, 0.05) is 73.9 Å². The van der Waals surface area contributed by atoms with Crippen molar-refractivity contribution in [3.05, 3.63) is 149 Å². The van der Waals surface area contributed by atoms with Gasteiger partial charge in [-0.2, -0.15) is 26.3 Å². The smallest absolute Gasteiger partial charge is 0.391 e. The van der Waals surface area contributed by atoms with Crippen LogP contribution < -0.4 is 31.5 Å². The van der Waals surface area contributed by atoms with Crippen molar-refractivity contribution in [1.82, 2.24) is 25.8 Å². The minimum atomic E-state index is -4.64. The van der Waals surface area contributed by atoms with Crippen LogP contribution in [-0.2, 0) is 43.0 Å². The number of benzene rings is 4. The van der Waals surface area contributed by atoms with Crippen molar-refractivity contribution in [2.75, 3.05) is 61.8 Å². The van der Waals surface area contributed by atoms with E-state index in [9.17, 15) is 50.3 Å². The molecule has 2 saturated heterocycles. The van der Waals surface area contributed by atoms with Gasteiger partial charge in [0.15, 0.2) is 0 Å². The van der Waals surface area contributed by atoms with Crippen LogP contribution in [0, 0.1) is 0 Å². The second kappa shape index (κ2) is 28.7. The van der Waals surface area contributed by atoms with E-state index in [1.807, 2.05) is 62.2 Å². The number of alkyl halides is 6. The second-order valence-electron chi connectivity index (χ2n) is 23.6. The molecule has 462 valence electrons. The fourth-order valence-corrected chi connectivity index (χ4v) is 12.1. The van der Waals surface area contributed by atoms with E-state index >= 15 is 0 Å². The Hall–Kier alpha value is -7.68. The minimum absolute atomic E-state index is 0.00515. The molecule has 86 heavy (non-hydrogen) atoms. The highest BCUT2D eigenvalue weighted by Crippen LogP contribution is 2.47. The molecule has 3 fully saturated rings. The third kappa shape index (κ3) is 17.3. The molecular weight excluding hydrogens is 1120 g/mol. The number of rotatable bonds is 25. The number of nitrogens with one attached hydrogen (secondary N) is 5. The quantitative estimate of drug-likeness (QED) is 0.0143. The van der Waals surface area contributed by atoms with E-state index in [-0.39, 0.29) is 71.7 Å². The van der Waals surface area contributed by atoms with Crippen LogP contribution in [0.1, 0.15) is 155 Å². The van der Waals surface area contributed by atoms with E-state index < -0.39 is 41.2 Å². The van der Waals surface area contributed by atoms with Crippen LogP contribution in [0.3, 0.4) is 0 Å². The number of oxime groups is 1. The zero-order valence-electron chi connectivity index (χ0n) is 49.3. The van der Waals surface area contributed by atoms with E-state index in [1.54, 1.807) is 30.0 Å². The maximum absolute atomic E-state index is 14.9. The van der Waals surface area contributed by atoms with Crippen molar-refractivity contribution in [2.24, 2.45) is 5.16 Å². The van der Waals surface area contributed by atoms with Crippen molar-refractivity contribution >= 4 is 52.4 Å². The van der Waals surface area contributed by atoms with Crippen LogP contribution in [0.2, 0.25) is 0 Å². The summed E-state index contributed by atoms with van der Waals surface area (Å²) in [6.07, 6.45) is 3.44. The summed E-state index contributed by atoms with van der Waals surface area (Å²) in [5, 5.41) is 19.1. The first kappa shape index (κ1) is 64.3. The molecule has 0 radical (unpaired) electrons. The van der Waals surface area contributed by atoms with Crippen LogP contribution in [0.25, 0.3) is 0 Å². The normalized spacial score (nSPS) is 21.5. The number of likely N-dealkylation sites (N-methyl/N-ethyl adjacent to an activating group) is 1. The number of urea groups is 1. The zero-order valence-corrected chi connectivity index (χ0v) is 49.3. The molecule has 2 unspecified atom stereocenters. The second-order valence-corrected chi connectivity index (χ2v) is 23.6. The number of amides is 6. The fraction of sp³-hybridized carbons (Fsp3) is 0.477. The first-order valence-corrected chi connectivity index (χ1v) is 29.8. The molecule has 1 aliphatic carbocycles. The molecule has 0 spiro atoms. The van der Waals surface area contributed by atoms with Gasteiger partial charge < -0.3 is 46.1 Å². The average Bonchev–Trinajstić information content (AvgIpc) is 1.68. The Labute approximate surface area is 499 Å². The first-order chi connectivity index (χ1) is 41.0. The van der Waals surface area contributed by atoms with Gasteiger partial charge in [-0.1, -0.05) is 73.1 Å². The third-order valence-corrected chi connectivity index (χ3v) is 17.0. The lowest BCUT2D eigenvalue weighted by Crippen LogP contribution is -2.39. The molecule has 8 rings (SSSR count). The van der Waals surface area contributed by atoms with Gasteiger partial charge in [0.05, 0.1) is 34.3 Å². The topological polar surface area (TPSA) is 177 Å². The molecule has 1 saturated carbocycles. The van der Waals surface area contributed by atoms with Crippen molar-refractivity contribution in [2.45, 2.75) is 152 Å². The predicted molar refractivity (Wildman–Crippen MR) is 321 cm³/mol. The monoisotopic (exact) mass is 1200 g/mol. The number of carbonyl (C=O) groups excluding carboxylic acids is 5. The number of hydrogen-bond donors (Lipinski definition) is 5. The Bertz CT molecular complexity index is 3140. The van der Waals surface area contributed by atoms with Gasteiger partial charge in [-0.15, -0.1) is 0 Å². The lowest BCUT2D eigenvalue weighted by atomic mass is 9.74. The standard InChI is InChI=1S/C65H79F6N9O6/c1-6-59(82)79-34-30-63(4,41-79)76-51-18-12-15-47(36-51)42(2)77-86-40-44-22-28-52(55(35-44)65(69,70)71)46-25-23-45(24-26-46)48-27-29-53-54(61(84)74-50-17-13-16-49(38-50)64(66,67)68)39-80(57(53)37-48)60(83)21-14-33-78(5)32-11-10-31-72-58(81)20-9-7-8-19-56-43(3)73-62(85)75-56/h6,12-18,21-22,27-29,35-38,43,45-46,54,56,76H,1,7-11,19-20,23-26,30-34,39-41H2,2-5H3,(H,72,81)(H,74,84)(H2,73,75,85)/b21-14+,77-42+/t43-,45?,46?,54?,56+,63?/m0/s1. The SMILES string of the molecule is C=CC(=O)N1CCC(C)(Nc2cccc(/C(C)=N/OCc3ccc(C4CCC(c5ccc6c(c5)N(C(=O)/C=C/CN(C)CCCCNC(=O)CCCCC[C@H]5NC(=O)N[C@H]5C)CC6C(=O)Nc5cccc(C(F)(F)F)c5)CC4)c(C(F)(F)F)c3)c2)C1. The molecule has 3 aliphatic heterocycles. The Balaban J connectivity index is 0.858. The molecule has 15 nitrogen and oxygen atoms in total. The Morgan fingerprint density at radius 3 is 2.33 bits per heavy atom. The molecule has 4 aromatic carbocycles. The molecule has 5 N–H and O–H groups in total. The maximum Gasteiger partial charge on any atom is 0.416 e. The summed E-state index contributed by atoms with van der Waals surface area (Å²) in [5.74, 6) is -2.47. The van der Waals surface area contributed by atoms with Gasteiger partial charge in [-0.05, 0) is 175 Å². The number of halogens is 6. The summed E-state index contributed by atoms with van der Waals surface area (Å²) in [7, 11) is 1.91. The molecule has 21 heteroatoms. The molecule has 0 aromatic heterocycles. The van der Waals surface area contributed by atoms with Crippen LogP contribution in [0.5, 0.6) is 0 Å². The summed E-state index contributed by atoms with van der Waals surface area (Å²) in [4.78, 5) is 75.0. The molecule has 0 bridgehead atoms. The lowest BCUT2D eigenvalue weighted by molar-refractivity contribution is -0.139. The van der Waals surface area contributed by atoms with Crippen LogP contribution in [0.15, 0.2) is 115 Å². The van der Waals surface area contributed by atoms with Gasteiger partial charge in [0.25, 0.3) is 5.91 Å². The highest BCUT2D eigenvalue weighted by atomic mass is 19.4. The number of anilines is 3. The van der Waals surface area contributed by atoms with E-state index in [2.05, 4.69) is 38.3 Å². The minimum Gasteiger partial charge on any atom is -0.391 e. The Kier molecular flexibility index (Phi) is 21.4. The number of nitrogens with zero attached hydrogens (tertiary/aromatic N) is 4. The fourth-order valence-electron chi connectivity index (χ4n) is 12.1. The summed E-state index contributed by atoms with van der Waals surface area (Å²) < 4.78 is 85.4. The van der Waals surface area contributed by atoms with E-state index in [0.717, 1.165) is 80.0 Å². The average molecular weight is 1200 g/mol. The lowest BCUT2D eigenvalue weighted by Gasteiger charge is -2.31. The number of unbranched alkanes of at least 4 members (excludes halogenated alkanes) is 3. The van der Waals surface area contributed by atoms with Crippen LogP contribution in [0.4, 0.5) is 48.2 Å². The van der Waals surface area contributed by atoms with Gasteiger partial charge >= 0.3 is 18.4 Å². The Morgan fingerprint density at radius 1 is 0.849 bits per heavy atom. The van der Waals surface area contributed by atoms with Gasteiger partial charge in [0.2, 0.25) is 17.7 Å². The maximum atomic E-state index is 14.9. The first-order valence-electron chi connectivity index (χ1n) is 29.8. The molecular formula is C65H79F6N9O6. The molecule has 6 amide bonds. The number of hydrogen-bond acceptors (Lipinski definition) is 9. The highest BCUT2D eigenvalue weighted by Gasteiger charge is 2.40. The van der Waals surface area contributed by atoms with Gasteiger partial charge in [-0.3, -0.25) is 19.2 Å². The molecule has 4 aliphatic rings. The summed E-state index contributed by atoms with van der Waals surface area (Å²) in [6, 6.07) is 21.8. The largest absolute Gasteiger partial charge is 0.416 e. The summed E-state index contributed by atoms with van der Waals surface area (Å²) >= 11 is 0. The predicted octanol–water partition coefficient (Wildman–Crippen LogP) is 12.2. The van der Waals surface area contributed by atoms with Crippen molar-refractivity contribution in [3.63, 3.8) is 0 Å². The third-order valence-electron chi connectivity index (χ3n) is 17.0. The van der Waals surface area contributed by atoms with Crippen LogP contribution in [-0.4, -0.2) is 109 Å². The van der Waals surface area contributed by atoms with Crippen molar-refractivity contribution in [3.8, 4) is 0 Å². The number of fused-ring (bicyclic) bond motifs is 1. The number of carbonyl (C=O) groups is 5. The van der Waals surface area contributed by atoms with Gasteiger partial charge in [-0.25, -0.2) is 4.79 Å². The van der Waals surface area contributed by atoms with Crippen LogP contribution >= 0.6 is 0 Å². The van der Waals surface area contributed by atoms with E-state index in [0.29, 0.717) is 87.4 Å². The summed E-state index contributed by atoms with van der Waals surface area (Å²) in [6.45, 7) is 11.9. The van der Waals surface area contributed by atoms with Crippen molar-refractivity contribution < 1.29 is 55.2 Å². The molecule has 3 heterocycles. The Morgan fingerprint density at radius 2 is 1.59 bits per heavy atom. The molecule has 4 atom stereocenters. The molecule has 4 aromatic rings. The van der Waals surface area contributed by atoms with Crippen molar-refractivity contribution in [1.29, 1.82) is 0 Å². The zero-order chi connectivity index (χ0) is 61.8. The number of likely N-dealkylation sites (tertiary alicyclic amines) is 1.